The van der Waals surface area contributed by atoms with Gasteiger partial charge in [0, 0.05) is 40.6 Å². The number of oxime groups is 1. The Bertz CT molecular complexity index is 1280. The summed E-state index contributed by atoms with van der Waals surface area (Å²) in [5.41, 5.74) is 11.9. The first-order valence-corrected chi connectivity index (χ1v) is 12.1. The largest absolute Gasteiger partial charge is 0.543 e. The number of nitrogens with one attached hydrogen (secondary N) is 1. The summed E-state index contributed by atoms with van der Waals surface area (Å²) in [7, 11) is 1.24. The molecule has 35 heavy (non-hydrogen) atoms. The third-order valence-corrected chi connectivity index (χ3v) is 7.25. The minimum Gasteiger partial charge on any atom is -0.543 e. The van der Waals surface area contributed by atoms with Crippen LogP contribution < -0.4 is 26.5 Å². The maximum Gasteiger partial charge on any atom is 0.278 e. The summed E-state index contributed by atoms with van der Waals surface area (Å²) >= 11 is 7.12. The maximum absolute atomic E-state index is 12.9. The first-order chi connectivity index (χ1) is 16.7. The fourth-order valence-electron chi connectivity index (χ4n) is 3.56. The van der Waals surface area contributed by atoms with Crippen LogP contribution in [0.5, 0.6) is 0 Å². The highest BCUT2D eigenvalue weighted by Crippen LogP contribution is 2.40. The summed E-state index contributed by atoms with van der Waals surface area (Å²) in [5.74, 6) is -2.59. The van der Waals surface area contributed by atoms with E-state index in [2.05, 4.69) is 19.8 Å². The van der Waals surface area contributed by atoms with E-state index in [0.29, 0.717) is 16.9 Å². The monoisotopic (exact) mass is 534 g/mol. The van der Waals surface area contributed by atoms with Crippen molar-refractivity contribution in [3.8, 4) is 0 Å². The molecule has 0 spiro atoms. The first-order valence-electron chi connectivity index (χ1n) is 9.89. The Balaban J connectivity index is 1.52. The Hall–Kier alpha value is -3.63. The van der Waals surface area contributed by atoms with Gasteiger partial charge in [-0.3, -0.25) is 14.5 Å². The second-order valence-electron chi connectivity index (χ2n) is 7.30. The van der Waals surface area contributed by atoms with Crippen LogP contribution in [0.2, 0.25) is 0 Å². The van der Waals surface area contributed by atoms with E-state index in [9.17, 15) is 19.5 Å². The molecule has 2 aliphatic rings. The standard InChI is InChI=1S/C19H18N8O5S3/c1-32-24-10(14-23-19(21)35-25-14)15(28)22-11-16(29)27-12(18(30)31)9(7-34-17(11)27)6-26-4-2-8(3-5-26)13(20)33/h2-5,11,17H,6-7H2,1H3,(H5-,20,21,22,23,25,28,30,31,33)/b24-10-/t11-,17+/m1/s1. The summed E-state index contributed by atoms with van der Waals surface area (Å²) in [6.07, 6.45) is 3.42. The second-order valence-corrected chi connectivity index (χ2v) is 9.63. The quantitative estimate of drug-likeness (QED) is 0.107. The van der Waals surface area contributed by atoms with Crippen molar-refractivity contribution in [1.29, 1.82) is 0 Å². The number of carboxylic acid groups (broad SMARTS) is 1. The van der Waals surface area contributed by atoms with Crippen LogP contribution in [0, 0.1) is 0 Å². The summed E-state index contributed by atoms with van der Waals surface area (Å²) in [5, 5.41) is 17.7. The van der Waals surface area contributed by atoms with E-state index in [4.69, 9.17) is 28.5 Å². The number of β-lactam (4-membered cyclic amide) rings is 1. The van der Waals surface area contributed by atoms with Crippen molar-refractivity contribution in [3.63, 3.8) is 0 Å². The highest BCUT2D eigenvalue weighted by atomic mass is 32.2. The zero-order chi connectivity index (χ0) is 25.3. The van der Waals surface area contributed by atoms with Gasteiger partial charge in [0.2, 0.25) is 11.5 Å². The van der Waals surface area contributed by atoms with Crippen molar-refractivity contribution < 1.29 is 28.9 Å². The molecule has 0 saturated carbocycles. The van der Waals surface area contributed by atoms with Crippen LogP contribution >= 0.6 is 35.5 Å². The van der Waals surface area contributed by atoms with E-state index in [-0.39, 0.29) is 33.9 Å². The number of nitrogen functional groups attached to an aromatic ring is 1. The summed E-state index contributed by atoms with van der Waals surface area (Å²) in [4.78, 5) is 47.6. The number of nitrogens with two attached hydrogens (primary N) is 2. The molecule has 1 saturated heterocycles. The molecule has 2 aromatic rings. The molecule has 0 unspecified atom stereocenters. The van der Waals surface area contributed by atoms with Crippen LogP contribution in [0.25, 0.3) is 0 Å². The summed E-state index contributed by atoms with van der Waals surface area (Å²) in [6, 6.07) is 2.44. The Kier molecular flexibility index (Phi) is 6.95. The molecule has 2 aliphatic heterocycles. The molecule has 0 radical (unpaired) electrons. The lowest BCUT2D eigenvalue weighted by Gasteiger charge is -2.50. The second kappa shape index (κ2) is 9.93. The highest BCUT2D eigenvalue weighted by Gasteiger charge is 2.53. The Morgan fingerprint density at radius 2 is 2.14 bits per heavy atom. The molecule has 16 heteroatoms. The molecule has 0 aliphatic carbocycles. The number of fused-ring (bicyclic) bond motifs is 1. The molecule has 0 bridgehead atoms. The van der Waals surface area contributed by atoms with Crippen LogP contribution in [0.15, 0.2) is 41.0 Å². The smallest absolute Gasteiger partial charge is 0.278 e. The summed E-state index contributed by atoms with van der Waals surface area (Å²) < 4.78 is 5.67. The molecule has 13 nitrogen and oxygen atoms in total. The van der Waals surface area contributed by atoms with E-state index in [0.717, 1.165) is 16.4 Å². The SMILES string of the molecule is CO/N=C(\C(=O)N[C@@H]1C(=O)N2C(C(=O)[O-])=C(C[n+]3ccc(C(N)=S)cc3)CS[C@@H]12)c1nsc(N)n1. The van der Waals surface area contributed by atoms with Crippen LogP contribution in [0.1, 0.15) is 11.4 Å². The van der Waals surface area contributed by atoms with E-state index in [1.54, 1.807) is 29.1 Å². The molecule has 5 N–H and O–H groups in total. The van der Waals surface area contributed by atoms with Crippen molar-refractivity contribution in [2.75, 3.05) is 18.6 Å². The molecular weight excluding hydrogens is 516 g/mol. The maximum atomic E-state index is 12.9. The number of nitrogens with zero attached hydrogens (tertiary/aromatic N) is 5. The number of aliphatic carboxylic acids is 1. The van der Waals surface area contributed by atoms with E-state index in [1.165, 1.54) is 18.9 Å². The number of rotatable bonds is 8. The van der Waals surface area contributed by atoms with E-state index < -0.39 is 29.2 Å². The predicted molar refractivity (Wildman–Crippen MR) is 127 cm³/mol. The van der Waals surface area contributed by atoms with Gasteiger partial charge in [0.25, 0.3) is 11.8 Å². The number of carbonyl (C=O) groups is 3. The number of thiocarbonyl (C=S) groups is 1. The van der Waals surface area contributed by atoms with Crippen LogP contribution in [0.4, 0.5) is 5.13 Å². The van der Waals surface area contributed by atoms with Gasteiger partial charge in [0.05, 0.1) is 11.7 Å². The molecule has 1 fully saturated rings. The lowest BCUT2D eigenvalue weighted by molar-refractivity contribution is -0.689. The Morgan fingerprint density at radius 3 is 2.71 bits per heavy atom. The number of pyridine rings is 1. The molecule has 2 atom stereocenters. The molecule has 4 heterocycles. The van der Waals surface area contributed by atoms with Crippen LogP contribution in [-0.4, -0.2) is 67.0 Å². The molecular formula is C19H18N8O5S3. The zero-order valence-corrected chi connectivity index (χ0v) is 20.5. The van der Waals surface area contributed by atoms with E-state index in [1.807, 2.05) is 0 Å². The average Bonchev–Trinajstić information content (AvgIpc) is 3.26. The van der Waals surface area contributed by atoms with Gasteiger partial charge in [-0.1, -0.05) is 17.4 Å². The highest BCUT2D eigenvalue weighted by molar-refractivity contribution is 8.00. The lowest BCUT2D eigenvalue weighted by Crippen LogP contribution is -2.71. The predicted octanol–water partition coefficient (Wildman–Crippen LogP) is -2.50. The molecule has 0 aromatic carbocycles. The van der Waals surface area contributed by atoms with E-state index >= 15 is 0 Å². The number of anilines is 1. The number of amides is 2. The molecule has 2 amide bonds. The zero-order valence-electron chi connectivity index (χ0n) is 18.0. The molecule has 2 aromatic heterocycles. The minimum absolute atomic E-state index is 0.0529. The fraction of sp³-hybridized carbons (Fsp3) is 0.263. The topological polar surface area (TPSA) is 193 Å². The molecule has 4 rings (SSSR count). The van der Waals surface area contributed by atoms with Crippen LogP contribution in [-0.2, 0) is 25.8 Å². The van der Waals surface area contributed by atoms with Crippen molar-refractivity contribution in [3.05, 3.63) is 47.2 Å². The van der Waals surface area contributed by atoms with Gasteiger partial charge in [0.15, 0.2) is 24.1 Å². The number of hydrogen-bond donors (Lipinski definition) is 3. The van der Waals surface area contributed by atoms with Crippen LogP contribution in [0.3, 0.4) is 0 Å². The van der Waals surface area contributed by atoms with Crippen molar-refractivity contribution in [1.82, 2.24) is 19.6 Å². The third-order valence-electron chi connectivity index (χ3n) is 5.13. The number of thioether (sulfide) groups is 1. The number of carboxylic acids is 1. The number of aromatic nitrogens is 3. The lowest BCUT2D eigenvalue weighted by atomic mass is 10.0. The van der Waals surface area contributed by atoms with Crippen molar-refractivity contribution in [2.45, 2.75) is 18.0 Å². The van der Waals surface area contributed by atoms with Crippen molar-refractivity contribution in [2.24, 2.45) is 10.9 Å². The van der Waals surface area contributed by atoms with Gasteiger partial charge in [-0.05, 0) is 0 Å². The Morgan fingerprint density at radius 1 is 1.43 bits per heavy atom. The Labute approximate surface area is 212 Å². The fourth-order valence-corrected chi connectivity index (χ4v) is 5.46. The van der Waals surface area contributed by atoms with Gasteiger partial charge >= 0.3 is 0 Å². The minimum atomic E-state index is -1.48. The van der Waals surface area contributed by atoms with Gasteiger partial charge < -0.3 is 31.5 Å². The average molecular weight is 535 g/mol. The van der Waals surface area contributed by atoms with Gasteiger partial charge in [-0.2, -0.15) is 9.36 Å². The van der Waals surface area contributed by atoms with Gasteiger partial charge in [0.1, 0.15) is 23.5 Å². The third kappa shape index (κ3) is 4.80. The van der Waals surface area contributed by atoms with Gasteiger partial charge in [-0.25, -0.2) is 4.57 Å². The van der Waals surface area contributed by atoms with Crippen molar-refractivity contribution >= 4 is 69.1 Å². The number of carbonyl (C=O) groups excluding carboxylic acids is 3. The molecule has 182 valence electrons. The number of hydrogen-bond acceptors (Lipinski definition) is 12. The van der Waals surface area contributed by atoms with Gasteiger partial charge in [-0.15, -0.1) is 11.8 Å². The summed E-state index contributed by atoms with van der Waals surface area (Å²) in [6.45, 7) is 0.211. The first kappa shape index (κ1) is 24.5. The normalized spacial score (nSPS) is 19.6.